The van der Waals surface area contributed by atoms with Gasteiger partial charge in [0, 0.05) is 0 Å². The highest BCUT2D eigenvalue weighted by atomic mass is 32.1. The van der Waals surface area contributed by atoms with E-state index in [9.17, 15) is 4.79 Å². The number of hydrogen-bond acceptors (Lipinski definition) is 5. The maximum Gasteiger partial charge on any atom is 0.249 e. The summed E-state index contributed by atoms with van der Waals surface area (Å²) in [6.07, 6.45) is 1.50. The maximum absolute atomic E-state index is 12.2. The largest absolute Gasteiger partial charge is 0.393 e. The highest BCUT2D eigenvalue weighted by molar-refractivity contribution is 7.80. The second-order valence-electron chi connectivity index (χ2n) is 4.85. The summed E-state index contributed by atoms with van der Waals surface area (Å²) in [4.78, 5) is 16.6. The maximum atomic E-state index is 12.2. The smallest absolute Gasteiger partial charge is 0.249 e. The first-order chi connectivity index (χ1) is 9.40. The molecule has 0 radical (unpaired) electrons. The zero-order valence-electron chi connectivity index (χ0n) is 12.3. The number of carbonyl (C=O) groups excluding carboxylic acids is 1. The molecule has 0 aliphatic rings. The minimum Gasteiger partial charge on any atom is -0.393 e. The van der Waals surface area contributed by atoms with Crippen molar-refractivity contribution in [2.24, 2.45) is 17.6 Å². The molecule has 0 bridgehead atoms. The Labute approximate surface area is 124 Å². The molecule has 7 heteroatoms. The molecule has 1 aromatic heterocycles. The first-order valence-electron chi connectivity index (χ1n) is 6.73. The lowest BCUT2D eigenvalue weighted by Gasteiger charge is -2.18. The monoisotopic (exact) mass is 295 g/mol. The number of aryl methyl sites for hydroxylation is 2. The molecule has 3 N–H and O–H groups in total. The lowest BCUT2D eigenvalue weighted by atomic mass is 9.95. The van der Waals surface area contributed by atoms with E-state index in [4.69, 9.17) is 18.0 Å². The van der Waals surface area contributed by atoms with Crippen LogP contribution in [-0.2, 0) is 17.6 Å². The number of nitrogens with two attached hydrogens (primary N) is 1. The van der Waals surface area contributed by atoms with Gasteiger partial charge in [-0.25, -0.2) is 4.98 Å². The number of aromatic nitrogens is 3. The number of hydrogen-bond donors (Lipinski definition) is 2. The Kier molecular flexibility index (Phi) is 5.94. The fourth-order valence-electron chi connectivity index (χ4n) is 1.94. The van der Waals surface area contributed by atoms with Gasteiger partial charge < -0.3 is 5.73 Å². The van der Waals surface area contributed by atoms with Crippen molar-refractivity contribution in [2.45, 2.75) is 40.5 Å². The van der Waals surface area contributed by atoms with E-state index in [-0.39, 0.29) is 22.8 Å². The van der Waals surface area contributed by atoms with Crippen LogP contribution in [-0.4, -0.2) is 26.1 Å². The fraction of sp³-hybridized carbons (Fsp3) is 0.615. The van der Waals surface area contributed by atoms with Crippen molar-refractivity contribution in [3.05, 3.63) is 11.4 Å². The summed E-state index contributed by atoms with van der Waals surface area (Å²) in [7, 11) is 0. The third-order valence-corrected chi connectivity index (χ3v) is 3.25. The van der Waals surface area contributed by atoms with Gasteiger partial charge in [-0.3, -0.25) is 10.1 Å². The Morgan fingerprint density at radius 3 is 2.30 bits per heavy atom. The van der Waals surface area contributed by atoms with Crippen molar-refractivity contribution in [1.29, 1.82) is 0 Å². The molecular weight excluding hydrogens is 274 g/mol. The van der Waals surface area contributed by atoms with Gasteiger partial charge in [0.15, 0.2) is 0 Å². The summed E-state index contributed by atoms with van der Waals surface area (Å²) in [5.41, 5.74) is 7.30. The van der Waals surface area contributed by atoms with Crippen molar-refractivity contribution < 1.29 is 4.79 Å². The van der Waals surface area contributed by atoms with E-state index in [0.29, 0.717) is 0 Å². The van der Waals surface area contributed by atoms with Crippen molar-refractivity contribution in [1.82, 2.24) is 15.2 Å². The van der Waals surface area contributed by atoms with Crippen LogP contribution in [0.4, 0.5) is 5.95 Å². The fourth-order valence-corrected chi connectivity index (χ4v) is 2.32. The quantitative estimate of drug-likeness (QED) is 0.772. The standard InChI is InChI=1S/C13H21N5OS/c1-5-8-9(6-2)17-18-13(15-8)16-12(19)10(7(3)4)11(14)20/h7,10H,5-6H2,1-4H3,(H2,14,20)(H,15,16,18,19). The number of nitrogens with zero attached hydrogens (tertiary/aromatic N) is 3. The molecule has 1 amide bonds. The molecule has 1 rings (SSSR count). The zero-order chi connectivity index (χ0) is 15.3. The Balaban J connectivity index is 2.92. The van der Waals surface area contributed by atoms with Crippen LogP contribution in [0.1, 0.15) is 39.1 Å². The third kappa shape index (κ3) is 3.93. The summed E-state index contributed by atoms with van der Waals surface area (Å²) in [5.74, 6) is -0.614. The van der Waals surface area contributed by atoms with Gasteiger partial charge in [-0.2, -0.15) is 0 Å². The molecule has 1 atom stereocenters. The second-order valence-corrected chi connectivity index (χ2v) is 5.32. The van der Waals surface area contributed by atoms with Crippen LogP contribution in [0.25, 0.3) is 0 Å². The molecule has 0 aromatic carbocycles. The van der Waals surface area contributed by atoms with Gasteiger partial charge in [-0.05, 0) is 18.8 Å². The number of anilines is 1. The number of thiocarbonyl (C=S) groups is 1. The Hall–Kier alpha value is -1.63. The molecule has 0 aliphatic carbocycles. The first kappa shape index (κ1) is 16.4. The van der Waals surface area contributed by atoms with E-state index in [1.165, 1.54) is 0 Å². The molecule has 6 nitrogen and oxygen atoms in total. The van der Waals surface area contributed by atoms with Crippen LogP contribution in [0.2, 0.25) is 0 Å². The highest BCUT2D eigenvalue weighted by Gasteiger charge is 2.25. The molecule has 110 valence electrons. The predicted octanol–water partition coefficient (Wildman–Crippen LogP) is 1.49. The lowest BCUT2D eigenvalue weighted by Crippen LogP contribution is -2.37. The first-order valence-corrected chi connectivity index (χ1v) is 7.14. The lowest BCUT2D eigenvalue weighted by molar-refractivity contribution is -0.118. The van der Waals surface area contributed by atoms with E-state index in [1.54, 1.807) is 0 Å². The van der Waals surface area contributed by atoms with Crippen molar-refractivity contribution in [3.8, 4) is 0 Å². The van der Waals surface area contributed by atoms with Crippen LogP contribution in [0.3, 0.4) is 0 Å². The molecule has 0 fully saturated rings. The molecule has 0 saturated heterocycles. The number of nitrogens with one attached hydrogen (secondary N) is 1. The Morgan fingerprint density at radius 1 is 1.25 bits per heavy atom. The van der Waals surface area contributed by atoms with Crippen molar-refractivity contribution >= 4 is 29.1 Å². The van der Waals surface area contributed by atoms with Gasteiger partial charge in [-0.1, -0.05) is 39.9 Å². The normalized spacial score (nSPS) is 12.2. The van der Waals surface area contributed by atoms with E-state index >= 15 is 0 Å². The van der Waals surface area contributed by atoms with Gasteiger partial charge in [0.05, 0.1) is 22.3 Å². The van der Waals surface area contributed by atoms with E-state index in [0.717, 1.165) is 24.2 Å². The Morgan fingerprint density at radius 2 is 1.85 bits per heavy atom. The van der Waals surface area contributed by atoms with Crippen LogP contribution >= 0.6 is 12.2 Å². The number of amides is 1. The highest BCUT2D eigenvalue weighted by Crippen LogP contribution is 2.14. The molecule has 0 aliphatic heterocycles. The van der Waals surface area contributed by atoms with Crippen LogP contribution in [0.5, 0.6) is 0 Å². The van der Waals surface area contributed by atoms with Gasteiger partial charge in [0.2, 0.25) is 11.9 Å². The summed E-state index contributed by atoms with van der Waals surface area (Å²) >= 11 is 4.93. The predicted molar refractivity (Wildman–Crippen MR) is 82.3 cm³/mol. The number of carbonyl (C=O) groups is 1. The van der Waals surface area contributed by atoms with Gasteiger partial charge in [0.25, 0.3) is 0 Å². The molecule has 1 aromatic rings. The molecule has 0 spiro atoms. The van der Waals surface area contributed by atoms with Gasteiger partial charge in [0.1, 0.15) is 0 Å². The van der Waals surface area contributed by atoms with Crippen LogP contribution in [0.15, 0.2) is 0 Å². The summed E-state index contributed by atoms with van der Waals surface area (Å²) < 4.78 is 0. The van der Waals surface area contributed by atoms with Crippen LogP contribution < -0.4 is 11.1 Å². The molecule has 1 unspecified atom stereocenters. The zero-order valence-corrected chi connectivity index (χ0v) is 13.1. The van der Waals surface area contributed by atoms with E-state index < -0.39 is 5.92 Å². The SMILES string of the molecule is CCc1nnc(NC(=O)C(C(N)=S)C(C)C)nc1CC. The van der Waals surface area contributed by atoms with E-state index in [1.807, 2.05) is 27.7 Å². The van der Waals surface area contributed by atoms with Gasteiger partial charge in [-0.15, -0.1) is 10.2 Å². The number of rotatable bonds is 6. The molecule has 0 saturated carbocycles. The average molecular weight is 295 g/mol. The summed E-state index contributed by atoms with van der Waals surface area (Å²) in [5, 5.41) is 10.6. The van der Waals surface area contributed by atoms with E-state index in [2.05, 4.69) is 20.5 Å². The Bertz CT molecular complexity index is 504. The van der Waals surface area contributed by atoms with Gasteiger partial charge >= 0.3 is 0 Å². The second kappa shape index (κ2) is 7.23. The minimum absolute atomic E-state index is 0.0148. The summed E-state index contributed by atoms with van der Waals surface area (Å²) in [6.45, 7) is 7.76. The minimum atomic E-state index is -0.537. The summed E-state index contributed by atoms with van der Waals surface area (Å²) in [6, 6.07) is 0. The molecule has 1 heterocycles. The van der Waals surface area contributed by atoms with Crippen LogP contribution in [0, 0.1) is 11.8 Å². The average Bonchev–Trinajstić information content (AvgIpc) is 2.37. The molecule has 20 heavy (non-hydrogen) atoms. The third-order valence-electron chi connectivity index (χ3n) is 3.00. The topological polar surface area (TPSA) is 93.8 Å². The van der Waals surface area contributed by atoms with Crippen molar-refractivity contribution in [2.75, 3.05) is 5.32 Å². The van der Waals surface area contributed by atoms with Crippen molar-refractivity contribution in [3.63, 3.8) is 0 Å². The molecular formula is C13H21N5OS.